The second-order valence-electron chi connectivity index (χ2n) is 6.68. The lowest BCUT2D eigenvalue weighted by Gasteiger charge is -2.25. The molecule has 2 N–H and O–H groups in total. The molecule has 0 saturated carbocycles. The minimum Gasteiger partial charge on any atom is -0.388 e. The van der Waals surface area contributed by atoms with Gasteiger partial charge in [-0.1, -0.05) is 17.7 Å². The summed E-state index contributed by atoms with van der Waals surface area (Å²) in [6.07, 6.45) is -5.16. The van der Waals surface area contributed by atoms with Crippen molar-refractivity contribution in [3.05, 3.63) is 29.8 Å². The van der Waals surface area contributed by atoms with Gasteiger partial charge in [0.2, 0.25) is 0 Å². The Labute approximate surface area is 146 Å². The van der Waals surface area contributed by atoms with E-state index in [1.807, 2.05) is 6.92 Å². The van der Waals surface area contributed by atoms with Gasteiger partial charge < -0.3 is 24.4 Å². The maximum Gasteiger partial charge on any atom is 0.297 e. The largest absolute Gasteiger partial charge is 0.388 e. The highest BCUT2D eigenvalue weighted by Crippen LogP contribution is 2.38. The molecule has 25 heavy (non-hydrogen) atoms. The van der Waals surface area contributed by atoms with Crippen molar-refractivity contribution in [2.75, 3.05) is 6.61 Å². The molecule has 1 aromatic carbocycles. The van der Waals surface area contributed by atoms with Crippen LogP contribution < -0.4 is 0 Å². The smallest absolute Gasteiger partial charge is 0.297 e. The fourth-order valence-electron chi connectivity index (χ4n) is 2.86. The highest BCUT2D eigenvalue weighted by molar-refractivity contribution is 7.86. The Kier molecular flexibility index (Phi) is 4.93. The summed E-state index contributed by atoms with van der Waals surface area (Å²) in [5, 5.41) is 20.4. The maximum absolute atomic E-state index is 12.1. The quantitative estimate of drug-likeness (QED) is 0.708. The summed E-state index contributed by atoms with van der Waals surface area (Å²) in [7, 11) is -4.02. The first-order valence-electron chi connectivity index (χ1n) is 7.92. The second kappa shape index (κ2) is 6.58. The minimum atomic E-state index is -4.02. The fourth-order valence-corrected chi connectivity index (χ4v) is 3.79. The van der Waals surface area contributed by atoms with Crippen molar-refractivity contribution in [1.29, 1.82) is 0 Å². The molecule has 1 aromatic rings. The standard InChI is InChI=1S/C16H22O8S/c1-9-4-6-10(7-5-9)25(19,20)21-8-11(17)13-12(18)14-15(22-13)24-16(2,3)23-14/h4-7,11-15,17-18H,8H2,1-3H3/t11-,12+,13-,14?,15?/m1/s1. The predicted octanol–water partition coefficient (Wildman–Crippen LogP) is 0.299. The van der Waals surface area contributed by atoms with Crippen LogP contribution >= 0.6 is 0 Å². The average molecular weight is 374 g/mol. The Morgan fingerprint density at radius 2 is 1.88 bits per heavy atom. The van der Waals surface area contributed by atoms with Gasteiger partial charge in [0.1, 0.15) is 24.4 Å². The number of hydrogen-bond acceptors (Lipinski definition) is 8. The number of aliphatic hydroxyl groups excluding tert-OH is 2. The van der Waals surface area contributed by atoms with Gasteiger partial charge in [0, 0.05) is 0 Å². The van der Waals surface area contributed by atoms with E-state index in [4.69, 9.17) is 18.4 Å². The van der Waals surface area contributed by atoms with Gasteiger partial charge >= 0.3 is 0 Å². The molecule has 2 unspecified atom stereocenters. The van der Waals surface area contributed by atoms with Gasteiger partial charge in [-0.25, -0.2) is 0 Å². The zero-order chi connectivity index (χ0) is 18.4. The topological polar surface area (TPSA) is 112 Å². The van der Waals surface area contributed by atoms with Crippen molar-refractivity contribution in [3.63, 3.8) is 0 Å². The summed E-state index contributed by atoms with van der Waals surface area (Å²) in [5.41, 5.74) is 0.913. The van der Waals surface area contributed by atoms with E-state index in [-0.39, 0.29) is 4.90 Å². The predicted molar refractivity (Wildman–Crippen MR) is 85.0 cm³/mol. The fraction of sp³-hybridized carbons (Fsp3) is 0.625. The molecular formula is C16H22O8S. The Morgan fingerprint density at radius 3 is 2.48 bits per heavy atom. The number of ether oxygens (including phenoxy) is 3. The summed E-state index contributed by atoms with van der Waals surface area (Å²) < 4.78 is 45.6. The molecule has 9 heteroatoms. The average Bonchev–Trinajstić information content (AvgIpc) is 2.99. The lowest BCUT2D eigenvalue weighted by molar-refractivity contribution is -0.226. The molecule has 0 spiro atoms. The number of benzene rings is 1. The van der Waals surface area contributed by atoms with Crippen molar-refractivity contribution >= 4 is 10.1 Å². The first-order valence-corrected chi connectivity index (χ1v) is 9.33. The third-order valence-corrected chi connectivity index (χ3v) is 5.43. The van der Waals surface area contributed by atoms with Gasteiger partial charge in [-0.05, 0) is 32.9 Å². The van der Waals surface area contributed by atoms with Crippen LogP contribution in [-0.2, 0) is 28.5 Å². The number of aliphatic hydroxyl groups is 2. The normalized spacial score (nSPS) is 32.5. The zero-order valence-electron chi connectivity index (χ0n) is 14.2. The van der Waals surface area contributed by atoms with Crippen LogP contribution in [0.5, 0.6) is 0 Å². The van der Waals surface area contributed by atoms with Gasteiger partial charge in [0.15, 0.2) is 12.1 Å². The highest BCUT2D eigenvalue weighted by atomic mass is 32.2. The number of aryl methyl sites for hydroxylation is 1. The van der Waals surface area contributed by atoms with Crippen LogP contribution in [0.2, 0.25) is 0 Å². The lowest BCUT2D eigenvalue weighted by atomic mass is 10.1. The maximum atomic E-state index is 12.1. The van der Waals surface area contributed by atoms with Gasteiger partial charge in [0.05, 0.1) is 11.5 Å². The molecule has 5 atom stereocenters. The third-order valence-electron chi connectivity index (χ3n) is 4.14. The lowest BCUT2D eigenvalue weighted by Crippen LogP contribution is -2.43. The Balaban J connectivity index is 1.60. The first-order chi connectivity index (χ1) is 11.6. The van der Waals surface area contributed by atoms with Crippen molar-refractivity contribution in [1.82, 2.24) is 0 Å². The van der Waals surface area contributed by atoms with Gasteiger partial charge in [-0.15, -0.1) is 0 Å². The Bertz CT molecular complexity index is 714. The molecule has 0 aliphatic carbocycles. The molecule has 3 rings (SSSR count). The van der Waals surface area contributed by atoms with E-state index in [0.29, 0.717) is 0 Å². The molecule has 0 bridgehead atoms. The molecule has 0 radical (unpaired) electrons. The van der Waals surface area contributed by atoms with Gasteiger partial charge in [0.25, 0.3) is 10.1 Å². The Morgan fingerprint density at radius 1 is 1.24 bits per heavy atom. The van der Waals surface area contributed by atoms with E-state index in [0.717, 1.165) is 5.56 Å². The monoisotopic (exact) mass is 374 g/mol. The second-order valence-corrected chi connectivity index (χ2v) is 8.29. The van der Waals surface area contributed by atoms with Crippen LogP contribution in [0.15, 0.2) is 29.2 Å². The molecule has 2 aliphatic heterocycles. The van der Waals surface area contributed by atoms with E-state index in [9.17, 15) is 18.6 Å². The number of rotatable bonds is 5. The summed E-state index contributed by atoms with van der Waals surface area (Å²) >= 11 is 0. The van der Waals surface area contributed by atoms with Crippen molar-refractivity contribution in [2.45, 2.75) is 62.2 Å². The molecule has 2 heterocycles. The molecular weight excluding hydrogens is 352 g/mol. The van der Waals surface area contributed by atoms with Crippen LogP contribution in [0.4, 0.5) is 0 Å². The summed E-state index contributed by atoms with van der Waals surface area (Å²) in [5.74, 6) is -0.891. The van der Waals surface area contributed by atoms with Crippen LogP contribution in [0.3, 0.4) is 0 Å². The van der Waals surface area contributed by atoms with E-state index >= 15 is 0 Å². The molecule has 2 saturated heterocycles. The van der Waals surface area contributed by atoms with Crippen LogP contribution in [0.25, 0.3) is 0 Å². The van der Waals surface area contributed by atoms with Crippen molar-refractivity contribution < 1.29 is 37.0 Å². The van der Waals surface area contributed by atoms with Crippen LogP contribution in [0, 0.1) is 6.92 Å². The van der Waals surface area contributed by atoms with Gasteiger partial charge in [-0.2, -0.15) is 8.42 Å². The van der Waals surface area contributed by atoms with Crippen LogP contribution in [-0.4, -0.2) is 61.7 Å². The first kappa shape index (κ1) is 18.7. The van der Waals surface area contributed by atoms with Gasteiger partial charge in [-0.3, -0.25) is 4.18 Å². The minimum absolute atomic E-state index is 0.0107. The van der Waals surface area contributed by atoms with E-state index in [2.05, 4.69) is 0 Å². The number of hydrogen-bond donors (Lipinski definition) is 2. The van der Waals surface area contributed by atoms with E-state index in [1.165, 1.54) is 12.1 Å². The Hall–Kier alpha value is -1.07. The zero-order valence-corrected chi connectivity index (χ0v) is 15.0. The summed E-state index contributed by atoms with van der Waals surface area (Å²) in [6.45, 7) is 4.65. The molecule has 2 fully saturated rings. The summed E-state index contributed by atoms with van der Waals surface area (Å²) in [6, 6.07) is 6.14. The molecule has 0 amide bonds. The van der Waals surface area contributed by atoms with E-state index < -0.39 is 53.2 Å². The highest BCUT2D eigenvalue weighted by Gasteiger charge is 2.56. The summed E-state index contributed by atoms with van der Waals surface area (Å²) in [4.78, 5) is -0.0107. The van der Waals surface area contributed by atoms with Crippen molar-refractivity contribution in [2.24, 2.45) is 0 Å². The SMILES string of the molecule is Cc1ccc(S(=O)(=O)OC[C@@H](O)[C@H]2OC3OC(C)(C)OC3[C@H]2O)cc1. The van der Waals surface area contributed by atoms with Crippen molar-refractivity contribution in [3.8, 4) is 0 Å². The molecule has 2 aliphatic rings. The number of fused-ring (bicyclic) bond motifs is 1. The van der Waals surface area contributed by atoms with Crippen LogP contribution in [0.1, 0.15) is 19.4 Å². The molecule has 0 aromatic heterocycles. The molecule has 140 valence electrons. The molecule has 8 nitrogen and oxygen atoms in total. The third kappa shape index (κ3) is 3.87. The van der Waals surface area contributed by atoms with E-state index in [1.54, 1.807) is 26.0 Å².